The Morgan fingerprint density at radius 2 is 0.775 bits per heavy atom. The van der Waals surface area contributed by atoms with Crippen LogP contribution in [0.15, 0.2) is 72.9 Å². The third kappa shape index (κ3) is 63.5. The van der Waals surface area contributed by atoms with Crippen molar-refractivity contribution < 1.29 is 32.9 Å². The summed E-state index contributed by atoms with van der Waals surface area (Å²) in [5.74, 6) is -0.202. The van der Waals surface area contributed by atoms with Crippen molar-refractivity contribution in [2.45, 2.75) is 334 Å². The molecule has 0 aliphatic heterocycles. The minimum atomic E-state index is -4.61. The summed E-state index contributed by atoms with van der Waals surface area (Å²) in [4.78, 5) is 25.6. The van der Waals surface area contributed by atoms with Crippen LogP contribution in [0.5, 0.6) is 0 Å². The Kier molecular flexibility index (Phi) is 59.9. The summed E-state index contributed by atoms with van der Waals surface area (Å²) in [6.07, 6.45) is 86.0. The first-order valence-corrected chi connectivity index (χ1v) is 35.8. The maximum atomic E-state index is 13.0. The van der Waals surface area contributed by atoms with Gasteiger partial charge in [0.25, 0.3) is 7.82 Å². The number of carbonyl (C=O) groups is 1. The van der Waals surface area contributed by atoms with Gasteiger partial charge >= 0.3 is 0 Å². The van der Waals surface area contributed by atoms with E-state index >= 15 is 0 Å². The number of likely N-dealkylation sites (N-methyl/N-ethyl adjacent to an activating group) is 1. The minimum Gasteiger partial charge on any atom is -0.756 e. The fourth-order valence-corrected chi connectivity index (χ4v) is 10.8. The summed E-state index contributed by atoms with van der Waals surface area (Å²) in [6, 6.07) is -0.905. The van der Waals surface area contributed by atoms with Crippen LogP contribution in [0.1, 0.15) is 322 Å². The van der Waals surface area contributed by atoms with Gasteiger partial charge in [-0.15, -0.1) is 0 Å². The Labute approximate surface area is 497 Å². The second-order valence-corrected chi connectivity index (χ2v) is 25.9. The van der Waals surface area contributed by atoms with E-state index in [-0.39, 0.29) is 12.5 Å². The van der Waals surface area contributed by atoms with Gasteiger partial charge in [-0.2, -0.15) is 0 Å². The number of allylic oxidation sites excluding steroid dienone is 11. The number of unbranched alkanes of at least 4 members (excludes halogenated alkanes) is 40. The first kappa shape index (κ1) is 77.9. The number of aliphatic hydroxyl groups excluding tert-OH is 1. The van der Waals surface area contributed by atoms with Crippen LogP contribution >= 0.6 is 7.82 Å². The van der Waals surface area contributed by atoms with Gasteiger partial charge in [0.05, 0.1) is 39.9 Å². The molecule has 0 aromatic rings. The molecule has 8 nitrogen and oxygen atoms in total. The van der Waals surface area contributed by atoms with Crippen LogP contribution in [-0.2, 0) is 18.4 Å². The fourth-order valence-electron chi connectivity index (χ4n) is 10.1. The summed E-state index contributed by atoms with van der Waals surface area (Å²) in [6.45, 7) is 4.55. The molecule has 0 bridgehead atoms. The Morgan fingerprint density at radius 3 is 1.16 bits per heavy atom. The van der Waals surface area contributed by atoms with E-state index in [1.165, 1.54) is 238 Å². The van der Waals surface area contributed by atoms with Gasteiger partial charge in [0.2, 0.25) is 5.91 Å². The number of rotatable bonds is 63. The number of nitrogens with zero attached hydrogens (tertiary/aromatic N) is 1. The predicted octanol–water partition coefficient (Wildman–Crippen LogP) is 21.1. The highest BCUT2D eigenvalue weighted by molar-refractivity contribution is 7.45. The summed E-state index contributed by atoms with van der Waals surface area (Å²) in [7, 11) is 1.25. The van der Waals surface area contributed by atoms with E-state index in [0.29, 0.717) is 17.4 Å². The summed E-state index contributed by atoms with van der Waals surface area (Å²) < 4.78 is 23.4. The lowest BCUT2D eigenvalue weighted by Gasteiger charge is -2.29. The fraction of sp³-hybridized carbons (Fsp3) is 0.817. The molecule has 0 aliphatic rings. The van der Waals surface area contributed by atoms with Crippen molar-refractivity contribution in [2.75, 3.05) is 40.9 Å². The molecule has 3 atom stereocenters. The molecule has 0 aliphatic carbocycles. The maximum absolute atomic E-state index is 13.0. The lowest BCUT2D eigenvalue weighted by atomic mass is 10.0. The number of aliphatic hydroxyl groups is 1. The third-order valence-corrected chi connectivity index (χ3v) is 16.4. The zero-order valence-electron chi connectivity index (χ0n) is 53.5. The molecule has 0 saturated carbocycles. The molecule has 0 aromatic heterocycles. The SMILES string of the molecule is CC/C=C\C/C=C\C/C=C\C/C=C\CCCCCCCCCCCCCCCCCCCCCCCCCCC(=O)NC(COP(=O)([O-])OCC[N+](C)(C)C)C(O)/C=C/CC/C=C/CCCCCCCCCCCCCCCCC. The minimum absolute atomic E-state index is 0.00604. The van der Waals surface area contributed by atoms with E-state index in [1.54, 1.807) is 6.08 Å². The normalized spacial score (nSPS) is 14.1. The topological polar surface area (TPSA) is 108 Å². The van der Waals surface area contributed by atoms with Gasteiger partial charge in [0.1, 0.15) is 13.2 Å². The van der Waals surface area contributed by atoms with Gasteiger partial charge in [0, 0.05) is 6.42 Å². The van der Waals surface area contributed by atoms with E-state index in [1.807, 2.05) is 27.2 Å². The van der Waals surface area contributed by atoms with Crippen LogP contribution in [0, 0.1) is 0 Å². The van der Waals surface area contributed by atoms with Gasteiger partial charge < -0.3 is 28.8 Å². The van der Waals surface area contributed by atoms with Crippen LogP contribution in [0.25, 0.3) is 0 Å². The van der Waals surface area contributed by atoms with Crippen molar-refractivity contribution in [2.24, 2.45) is 0 Å². The van der Waals surface area contributed by atoms with E-state index in [9.17, 15) is 19.4 Å². The Bertz CT molecular complexity index is 1530. The van der Waals surface area contributed by atoms with Crippen LogP contribution in [0.4, 0.5) is 0 Å². The molecule has 0 rings (SSSR count). The van der Waals surface area contributed by atoms with Crippen molar-refractivity contribution in [1.29, 1.82) is 0 Å². The number of amides is 1. The molecule has 3 unspecified atom stereocenters. The lowest BCUT2D eigenvalue weighted by Crippen LogP contribution is -2.45. The zero-order chi connectivity index (χ0) is 58.4. The monoisotopic (exact) mass is 1140 g/mol. The molecule has 0 aromatic carbocycles. The van der Waals surface area contributed by atoms with Gasteiger partial charge in [-0.3, -0.25) is 9.36 Å². The van der Waals surface area contributed by atoms with E-state index < -0.39 is 26.6 Å². The van der Waals surface area contributed by atoms with Crippen molar-refractivity contribution in [3.8, 4) is 0 Å². The molecule has 0 heterocycles. The zero-order valence-corrected chi connectivity index (χ0v) is 54.4. The van der Waals surface area contributed by atoms with Crippen molar-refractivity contribution in [3.05, 3.63) is 72.9 Å². The molecule has 80 heavy (non-hydrogen) atoms. The second-order valence-electron chi connectivity index (χ2n) is 24.5. The second kappa shape index (κ2) is 61.5. The summed E-state index contributed by atoms with van der Waals surface area (Å²) in [5, 5.41) is 13.9. The van der Waals surface area contributed by atoms with E-state index in [4.69, 9.17) is 9.05 Å². The van der Waals surface area contributed by atoms with E-state index in [2.05, 4.69) is 79.9 Å². The van der Waals surface area contributed by atoms with Crippen LogP contribution in [-0.4, -0.2) is 68.5 Å². The highest BCUT2D eigenvalue weighted by Gasteiger charge is 2.23. The first-order chi connectivity index (χ1) is 39.0. The maximum Gasteiger partial charge on any atom is 0.268 e. The highest BCUT2D eigenvalue weighted by Crippen LogP contribution is 2.38. The van der Waals surface area contributed by atoms with Crippen LogP contribution < -0.4 is 10.2 Å². The molecule has 9 heteroatoms. The predicted molar refractivity (Wildman–Crippen MR) is 348 cm³/mol. The molecular formula is C71H133N2O6P. The summed E-state index contributed by atoms with van der Waals surface area (Å²) in [5.41, 5.74) is 0. The first-order valence-electron chi connectivity index (χ1n) is 34.3. The molecule has 0 spiro atoms. The quantitative estimate of drug-likeness (QED) is 0.0272. The standard InChI is InChI=1S/C71H133N2O6P/c1-6-8-10-12-14-16-18-20-22-24-26-28-29-30-31-32-33-34-35-36-37-38-39-40-41-42-43-45-47-49-51-53-55-57-59-61-63-65-71(75)72-69(68-79-80(76,77)78-67-66-73(3,4)5)70(74)64-62-60-58-56-54-52-50-48-46-44-27-25-23-21-19-17-15-13-11-9-7-2/h8,10,14,16,20,22,26,28,54,56,62,64,69-70,74H,6-7,9,11-13,15,17-19,21,23-25,27,29-53,55,57-61,63,65-68H2,1-5H3,(H-,72,75,76,77)/b10-8-,16-14-,22-20-,28-26-,56-54+,64-62+. The van der Waals surface area contributed by atoms with Gasteiger partial charge in [-0.05, 0) is 70.6 Å². The molecule has 0 saturated heterocycles. The van der Waals surface area contributed by atoms with Gasteiger partial charge in [-0.25, -0.2) is 0 Å². The van der Waals surface area contributed by atoms with Crippen molar-refractivity contribution in [1.82, 2.24) is 5.32 Å². The summed E-state index contributed by atoms with van der Waals surface area (Å²) >= 11 is 0. The number of hydrogen-bond acceptors (Lipinski definition) is 6. The Morgan fingerprint density at radius 1 is 0.450 bits per heavy atom. The van der Waals surface area contributed by atoms with Gasteiger partial charge in [0.15, 0.2) is 0 Å². The number of nitrogens with one attached hydrogen (secondary N) is 1. The lowest BCUT2D eigenvalue weighted by molar-refractivity contribution is -0.870. The van der Waals surface area contributed by atoms with Crippen molar-refractivity contribution >= 4 is 13.7 Å². The number of carbonyl (C=O) groups excluding carboxylic acids is 1. The average molecular weight is 1140 g/mol. The molecule has 468 valence electrons. The highest BCUT2D eigenvalue weighted by atomic mass is 31.2. The Balaban J connectivity index is 4.01. The number of quaternary nitrogens is 1. The van der Waals surface area contributed by atoms with Gasteiger partial charge in [-0.1, -0.05) is 318 Å². The molecule has 1 amide bonds. The number of phosphoric ester groups is 1. The number of hydrogen-bond donors (Lipinski definition) is 2. The number of phosphoric acid groups is 1. The van der Waals surface area contributed by atoms with Crippen LogP contribution in [0.3, 0.4) is 0 Å². The molecular weight excluding hydrogens is 1010 g/mol. The molecule has 0 radical (unpaired) electrons. The largest absolute Gasteiger partial charge is 0.756 e. The van der Waals surface area contributed by atoms with E-state index in [0.717, 1.165) is 64.2 Å². The molecule has 2 N–H and O–H groups in total. The smallest absolute Gasteiger partial charge is 0.268 e. The third-order valence-electron chi connectivity index (χ3n) is 15.4. The molecule has 0 fully saturated rings. The van der Waals surface area contributed by atoms with Crippen LogP contribution in [0.2, 0.25) is 0 Å². The average Bonchev–Trinajstić information content (AvgIpc) is 3.42. The Hall–Kier alpha value is -2.06. The van der Waals surface area contributed by atoms with Crippen molar-refractivity contribution in [3.63, 3.8) is 0 Å².